The second kappa shape index (κ2) is 12.2. The minimum absolute atomic E-state index is 0.0400. The number of halogens is 1. The van der Waals surface area contributed by atoms with Gasteiger partial charge in [0.2, 0.25) is 11.8 Å². The predicted molar refractivity (Wildman–Crippen MR) is 161 cm³/mol. The molecule has 3 N–H and O–H groups in total. The van der Waals surface area contributed by atoms with E-state index in [4.69, 9.17) is 9.47 Å². The molecule has 1 aromatic carbocycles. The highest BCUT2D eigenvalue weighted by Crippen LogP contribution is 2.61. The van der Waals surface area contributed by atoms with Crippen molar-refractivity contribution in [3.63, 3.8) is 0 Å². The molecule has 5 aliphatic carbocycles. The molecule has 0 spiro atoms. The Hall–Kier alpha value is -2.18. The number of rotatable bonds is 11. The van der Waals surface area contributed by atoms with E-state index in [0.29, 0.717) is 44.6 Å². The summed E-state index contributed by atoms with van der Waals surface area (Å²) in [6, 6.07) is 2.58. The predicted octanol–water partition coefficient (Wildman–Crippen LogP) is 3.34. The number of methoxy groups -OCH3 is 1. The van der Waals surface area contributed by atoms with Gasteiger partial charge in [0.25, 0.3) is 0 Å². The van der Waals surface area contributed by atoms with Crippen molar-refractivity contribution < 1.29 is 34.1 Å². The molecular formula is C31H41IN2O7. The van der Waals surface area contributed by atoms with Crippen LogP contribution in [0.5, 0.6) is 11.5 Å². The molecule has 0 aliphatic heterocycles. The number of aldehydes is 1. The monoisotopic (exact) mass is 680 g/mol. The van der Waals surface area contributed by atoms with Crippen molar-refractivity contribution in [3.05, 3.63) is 32.9 Å². The van der Waals surface area contributed by atoms with E-state index in [1.54, 1.807) is 18.2 Å². The summed E-state index contributed by atoms with van der Waals surface area (Å²) in [7, 11) is 1.48. The minimum atomic E-state index is -1.09. The number of benzene rings is 1. The zero-order chi connectivity index (χ0) is 29.5. The molecule has 0 radical (unpaired) electrons. The van der Waals surface area contributed by atoms with Crippen molar-refractivity contribution in [1.82, 2.24) is 10.2 Å². The third-order valence-corrected chi connectivity index (χ3v) is 10.7. The highest BCUT2D eigenvalue weighted by molar-refractivity contribution is 14.1. The number of fused-ring (bicyclic) bond motifs is 2. The molecule has 4 saturated carbocycles. The first-order chi connectivity index (χ1) is 19.6. The largest absolute Gasteiger partial charge is 0.493 e. The fraction of sp³-hybridized carbons (Fsp3) is 0.645. The third-order valence-electron chi connectivity index (χ3n) is 9.90. The first-order valence-electron chi connectivity index (χ1n) is 14.7. The van der Waals surface area contributed by atoms with E-state index >= 15 is 0 Å². The van der Waals surface area contributed by atoms with Gasteiger partial charge in [0.15, 0.2) is 11.5 Å². The molecule has 224 valence electrons. The van der Waals surface area contributed by atoms with Gasteiger partial charge in [-0.15, -0.1) is 0 Å². The maximum absolute atomic E-state index is 13.8. The van der Waals surface area contributed by atoms with Gasteiger partial charge >= 0.3 is 0 Å². The van der Waals surface area contributed by atoms with Crippen molar-refractivity contribution >= 4 is 40.7 Å². The summed E-state index contributed by atoms with van der Waals surface area (Å²) < 4.78 is 12.5. The highest BCUT2D eigenvalue weighted by Gasteiger charge is 2.55. The summed E-state index contributed by atoms with van der Waals surface area (Å²) in [4.78, 5) is 40.2. The van der Waals surface area contributed by atoms with Crippen molar-refractivity contribution in [2.45, 2.75) is 70.6 Å². The van der Waals surface area contributed by atoms with E-state index in [2.05, 4.69) is 41.8 Å². The minimum Gasteiger partial charge on any atom is -0.493 e. The van der Waals surface area contributed by atoms with Gasteiger partial charge in [0.05, 0.1) is 23.3 Å². The number of carbonyl (C=O) groups is 3. The van der Waals surface area contributed by atoms with Crippen LogP contribution in [0.1, 0.15) is 62.7 Å². The van der Waals surface area contributed by atoms with Gasteiger partial charge in [-0.1, -0.05) is 13.8 Å². The summed E-state index contributed by atoms with van der Waals surface area (Å²) >= 11 is 2.05. The molecule has 0 heterocycles. The van der Waals surface area contributed by atoms with Gasteiger partial charge < -0.3 is 29.9 Å². The Morgan fingerprint density at radius 1 is 1.22 bits per heavy atom. The first-order valence-corrected chi connectivity index (χ1v) is 15.7. The molecule has 2 bridgehead atoms. The number of nitrogens with one attached hydrogen (secondary N) is 1. The first kappa shape index (κ1) is 30.3. The smallest absolute Gasteiger partial charge is 0.247 e. The van der Waals surface area contributed by atoms with Crippen LogP contribution in [0, 0.1) is 32.7 Å². The van der Waals surface area contributed by atoms with Gasteiger partial charge in [-0.05, 0) is 96.1 Å². The van der Waals surface area contributed by atoms with Crippen LogP contribution < -0.4 is 14.8 Å². The zero-order valence-electron chi connectivity index (χ0n) is 24.0. The molecule has 6 atom stereocenters. The Balaban J connectivity index is 1.47. The summed E-state index contributed by atoms with van der Waals surface area (Å²) in [5, 5.41) is 23.8. The van der Waals surface area contributed by atoms with Crippen molar-refractivity contribution in [2.24, 2.45) is 29.1 Å². The molecule has 0 unspecified atom stereocenters. The molecule has 0 aromatic heterocycles. The number of nitrogens with zero attached hydrogens (tertiary/aromatic N) is 1. The molecule has 41 heavy (non-hydrogen) atoms. The lowest BCUT2D eigenvalue weighted by Gasteiger charge is -2.61. The van der Waals surface area contributed by atoms with Gasteiger partial charge in [0, 0.05) is 36.6 Å². The van der Waals surface area contributed by atoms with Gasteiger partial charge in [-0.3, -0.25) is 14.4 Å². The van der Waals surface area contributed by atoms with Crippen molar-refractivity contribution in [2.75, 3.05) is 26.8 Å². The maximum atomic E-state index is 13.8. The normalized spacial score (nSPS) is 30.0. The quantitative estimate of drug-likeness (QED) is 0.242. The number of aliphatic hydroxyl groups excluding tert-OH is 2. The topological polar surface area (TPSA) is 125 Å². The van der Waals surface area contributed by atoms with Crippen LogP contribution in [-0.2, 0) is 9.59 Å². The van der Waals surface area contributed by atoms with Crippen molar-refractivity contribution in [3.8, 4) is 11.5 Å². The van der Waals surface area contributed by atoms with Crippen LogP contribution in [0.3, 0.4) is 0 Å². The molecule has 5 aliphatic rings. The van der Waals surface area contributed by atoms with Crippen LogP contribution in [0.25, 0.3) is 0 Å². The Labute approximate surface area is 255 Å². The van der Waals surface area contributed by atoms with E-state index in [-0.39, 0.29) is 42.7 Å². The van der Waals surface area contributed by atoms with Crippen LogP contribution >= 0.6 is 22.6 Å². The average Bonchev–Trinajstić information content (AvgIpc) is 3.82. The Morgan fingerprint density at radius 3 is 2.59 bits per heavy atom. The van der Waals surface area contributed by atoms with Gasteiger partial charge in [-0.2, -0.15) is 0 Å². The zero-order valence-corrected chi connectivity index (χ0v) is 26.1. The fourth-order valence-electron chi connectivity index (χ4n) is 7.23. The van der Waals surface area contributed by atoms with E-state index in [9.17, 15) is 24.6 Å². The van der Waals surface area contributed by atoms with Crippen molar-refractivity contribution in [1.29, 1.82) is 0 Å². The van der Waals surface area contributed by atoms with E-state index in [0.717, 1.165) is 37.9 Å². The Morgan fingerprint density at radius 2 is 1.98 bits per heavy atom. The number of aliphatic hydroxyl groups is 2. The fourth-order valence-corrected chi connectivity index (χ4v) is 7.98. The Kier molecular flexibility index (Phi) is 9.01. The molecule has 4 fully saturated rings. The van der Waals surface area contributed by atoms with E-state index in [1.807, 2.05) is 4.90 Å². The summed E-state index contributed by atoms with van der Waals surface area (Å²) in [6.07, 6.45) is 5.58. The average molecular weight is 681 g/mol. The van der Waals surface area contributed by atoms with Crippen LogP contribution in [0.4, 0.5) is 0 Å². The number of amides is 2. The summed E-state index contributed by atoms with van der Waals surface area (Å²) in [5.74, 6) is 1.96. The van der Waals surface area contributed by atoms with Gasteiger partial charge in [-0.25, -0.2) is 0 Å². The lowest BCUT2D eigenvalue weighted by Crippen LogP contribution is -2.59. The molecule has 0 saturated heterocycles. The molecular weight excluding hydrogens is 639 g/mol. The maximum Gasteiger partial charge on any atom is 0.247 e. The highest BCUT2D eigenvalue weighted by atomic mass is 127. The number of carbonyl (C=O) groups excluding carboxylic acids is 3. The lowest BCUT2D eigenvalue weighted by molar-refractivity contribution is -0.149. The standard InChI is InChI=1S/C31H41IN2O7/c1-31(2)21-7-6-19(22(31)14-21)15-34(30(39)18-4-5-18)24-12-20(29(38)33-8-9-35)13-25(27(24)37)41-28-23(32)10-17(16-36)11-26(28)40-3/h10-11,13,16,18-19,21-22,24-25,27,35,37H,4-9,12,14-15H2,1-3H3,(H,33,38)/t19-,21-,22-,24+,25-,27-/m0/s1. The molecule has 1 aromatic rings. The summed E-state index contributed by atoms with van der Waals surface area (Å²) in [6.45, 7) is 5.13. The molecule has 10 heteroatoms. The second-order valence-corrected chi connectivity index (χ2v) is 13.8. The SMILES string of the molecule is COc1cc(C=O)cc(I)c1O[C@H]1C=C(C(=O)NCCO)C[C@@H](N(C[C@@H]2CC[C@H]3C[C@@H]2C3(C)C)C(=O)C2CC2)[C@@H]1O. The molecule has 6 rings (SSSR count). The van der Waals surface area contributed by atoms with Crippen LogP contribution in [0.15, 0.2) is 23.8 Å². The number of ether oxygens (including phenoxy) is 2. The number of hydrogen-bond donors (Lipinski definition) is 3. The van der Waals surface area contributed by atoms with Crippen LogP contribution in [0.2, 0.25) is 0 Å². The number of hydrogen-bond acceptors (Lipinski definition) is 7. The Bertz CT molecular complexity index is 1210. The summed E-state index contributed by atoms with van der Waals surface area (Å²) in [5.41, 5.74) is 1.08. The lowest BCUT2D eigenvalue weighted by atomic mass is 9.45. The van der Waals surface area contributed by atoms with E-state index < -0.39 is 18.2 Å². The molecule has 9 nitrogen and oxygen atoms in total. The van der Waals surface area contributed by atoms with E-state index in [1.165, 1.54) is 13.5 Å². The van der Waals surface area contributed by atoms with Gasteiger partial charge in [0.1, 0.15) is 18.5 Å². The third kappa shape index (κ3) is 6.01. The molecule has 2 amide bonds. The van der Waals surface area contributed by atoms with Crippen LogP contribution in [-0.4, -0.2) is 78.3 Å². The second-order valence-electron chi connectivity index (χ2n) is 12.6.